The van der Waals surface area contributed by atoms with Gasteiger partial charge in [0.25, 0.3) is 0 Å². The Morgan fingerprint density at radius 1 is 0.513 bits per heavy atom. The van der Waals surface area contributed by atoms with Crippen molar-refractivity contribution >= 4 is 11.4 Å². The van der Waals surface area contributed by atoms with Gasteiger partial charge >= 0.3 is 26.2 Å². The van der Waals surface area contributed by atoms with Crippen LogP contribution in [0.5, 0.6) is 0 Å². The maximum atomic E-state index is 11.7. The second kappa shape index (κ2) is 19.2. The van der Waals surface area contributed by atoms with E-state index in [2.05, 4.69) is 88.0 Å². The molecule has 39 heavy (non-hydrogen) atoms. The van der Waals surface area contributed by atoms with Gasteiger partial charge in [-0.3, -0.25) is 0 Å². The molecule has 0 saturated heterocycles. The van der Waals surface area contributed by atoms with E-state index in [0.717, 1.165) is 73.9 Å². The topological polar surface area (TPSA) is 25.3 Å². The number of benzene rings is 2. The van der Waals surface area contributed by atoms with Crippen molar-refractivity contribution in [2.75, 3.05) is 0 Å². The molecule has 0 unspecified atom stereocenters. The quantitative estimate of drug-likeness (QED) is 0.108. The summed E-state index contributed by atoms with van der Waals surface area (Å²) >= 11 is 1.62. The Morgan fingerprint density at radius 3 is 1.26 bits per heavy atom. The zero-order valence-electron chi connectivity index (χ0n) is 25.7. The Kier molecular flexibility index (Phi) is 16.3. The van der Waals surface area contributed by atoms with E-state index < -0.39 is 0 Å². The fourth-order valence-electron chi connectivity index (χ4n) is 5.29. The molecule has 0 bridgehead atoms. The summed E-state index contributed by atoms with van der Waals surface area (Å²) in [7, 11) is 0. The fourth-order valence-corrected chi connectivity index (χ4v) is 5.29. The predicted octanol–water partition coefficient (Wildman–Crippen LogP) is 11.9. The number of unbranched alkanes of at least 4 members (excludes halogenated alkanes) is 6. The summed E-state index contributed by atoms with van der Waals surface area (Å²) in [6.07, 6.45) is 16.5. The maximum absolute atomic E-state index is 11.7. The van der Waals surface area contributed by atoms with Crippen LogP contribution in [0.4, 0.5) is 0 Å². The molecule has 0 amide bonds. The minimum atomic E-state index is 0.996. The van der Waals surface area contributed by atoms with E-state index >= 15 is 0 Å². The Hall–Kier alpha value is -1.99. The summed E-state index contributed by atoms with van der Waals surface area (Å²) < 4.78 is 1.52. The van der Waals surface area contributed by atoms with E-state index in [1.165, 1.54) is 65.5 Å². The fraction of sp³-hybridized carbons (Fsp3) is 0.556. The van der Waals surface area contributed by atoms with Gasteiger partial charge < -0.3 is 5.53 Å². The van der Waals surface area contributed by atoms with Gasteiger partial charge in [-0.05, 0) is 86.8 Å². The number of hydrogen-bond donors (Lipinski definition) is 0. The molecule has 1 aliphatic rings. The van der Waals surface area contributed by atoms with Crippen LogP contribution in [0, 0.1) is 0 Å². The Labute approximate surface area is 246 Å². The number of aryl methyl sites for hydroxylation is 2. The normalized spacial score (nSPS) is 13.3. The van der Waals surface area contributed by atoms with Gasteiger partial charge in [0.05, 0.1) is 0 Å². The zero-order valence-corrected chi connectivity index (χ0v) is 26.7. The third-order valence-electron chi connectivity index (χ3n) is 7.51. The van der Waals surface area contributed by atoms with Crippen LogP contribution in [-0.2, 0) is 27.3 Å². The van der Waals surface area contributed by atoms with Gasteiger partial charge in [0.2, 0.25) is 11.4 Å². The molecule has 218 valence electrons. The van der Waals surface area contributed by atoms with Crippen LogP contribution in [0.25, 0.3) is 16.9 Å². The molecule has 0 saturated carbocycles. The molecule has 1 aliphatic heterocycles. The Morgan fingerprint density at radius 2 is 0.872 bits per heavy atom. The van der Waals surface area contributed by atoms with E-state index in [-0.39, 0.29) is 0 Å². The summed E-state index contributed by atoms with van der Waals surface area (Å²) in [4.78, 5) is 0. The van der Waals surface area contributed by atoms with E-state index in [0.29, 0.717) is 0 Å². The van der Waals surface area contributed by atoms with Crippen molar-refractivity contribution in [1.82, 2.24) is 0 Å². The third-order valence-corrected chi connectivity index (χ3v) is 7.51. The van der Waals surface area contributed by atoms with Crippen molar-refractivity contribution in [2.24, 2.45) is 0 Å². The summed E-state index contributed by atoms with van der Waals surface area (Å²) in [5, 5.41) is 0. The van der Waals surface area contributed by atoms with Crippen LogP contribution < -0.4 is 0 Å². The first-order valence-corrected chi connectivity index (χ1v) is 17.4. The van der Waals surface area contributed by atoms with E-state index in [4.69, 9.17) is 0 Å². The van der Waals surface area contributed by atoms with Gasteiger partial charge in [0.15, 0.2) is 0 Å². The zero-order chi connectivity index (χ0) is 28.5. The molecule has 0 aromatic heterocycles. The third kappa shape index (κ3) is 10.2. The summed E-state index contributed by atoms with van der Waals surface area (Å²) in [6, 6.07) is 17.9. The molecule has 0 spiro atoms. The standard InChI is InChI=1S/C34H48N2.2CH3.Ni/c1-5-9-13-14-16-28-21-25-30(26-22-28)34-32(18-12-8-4)31(17-11-7-3)33(36(34)35)29-23-19-27(20-24-29)15-10-6-2;;;/h19-26H,5-18H2,1-4H3;2*1H3;. The van der Waals surface area contributed by atoms with Crippen LogP contribution in [0.3, 0.4) is 0 Å². The van der Waals surface area contributed by atoms with Crippen molar-refractivity contribution < 1.29 is 19.1 Å². The number of allylic oxidation sites excluding steroid dienone is 2. The SMILES string of the molecule is CCCCCCc1ccc(C2=C(CCCC)C(CCCC)=C(c3ccc(CCCC)cc3)[N+]2=[N-])cc1.[CH3][Ni][CH3]. The van der Waals surface area contributed by atoms with E-state index in [1.54, 1.807) is 14.4 Å². The average molecular weight is 574 g/mol. The van der Waals surface area contributed by atoms with Crippen molar-refractivity contribution in [3.05, 3.63) is 87.5 Å². The van der Waals surface area contributed by atoms with Gasteiger partial charge in [-0.1, -0.05) is 90.5 Å². The average Bonchev–Trinajstić information content (AvgIpc) is 3.23. The van der Waals surface area contributed by atoms with E-state index in [9.17, 15) is 5.53 Å². The first kappa shape index (κ1) is 33.2. The molecule has 0 fully saturated rings. The van der Waals surface area contributed by atoms with Gasteiger partial charge in [0, 0.05) is 22.3 Å². The first-order valence-electron chi connectivity index (χ1n) is 15.4. The number of rotatable bonds is 16. The molecular weight excluding hydrogens is 519 g/mol. The molecule has 3 rings (SSSR count). The molecule has 0 radical (unpaired) electrons. The minimum absolute atomic E-state index is 0.996. The van der Waals surface area contributed by atoms with Gasteiger partial charge in [-0.2, -0.15) is 0 Å². The van der Waals surface area contributed by atoms with Crippen molar-refractivity contribution in [2.45, 2.75) is 129 Å². The van der Waals surface area contributed by atoms with Crippen LogP contribution in [0.1, 0.15) is 127 Å². The van der Waals surface area contributed by atoms with Gasteiger partial charge in [-0.25, -0.2) is 4.70 Å². The summed E-state index contributed by atoms with van der Waals surface area (Å²) in [6.45, 7) is 9.01. The monoisotopic (exact) mass is 572 g/mol. The van der Waals surface area contributed by atoms with Gasteiger partial charge in [-0.15, -0.1) is 0 Å². The predicted molar refractivity (Wildman–Crippen MR) is 168 cm³/mol. The Bertz CT molecular complexity index is 1040. The molecule has 2 aromatic carbocycles. The van der Waals surface area contributed by atoms with Crippen LogP contribution in [0.15, 0.2) is 59.7 Å². The second-order valence-corrected chi connectivity index (χ2v) is 11.8. The van der Waals surface area contributed by atoms with Crippen LogP contribution >= 0.6 is 0 Å². The first-order chi connectivity index (χ1) is 19.1. The molecule has 0 N–H and O–H groups in total. The number of nitrogens with zero attached hydrogens (tertiary/aromatic N) is 2. The molecular formula is C36H54N2Ni. The second-order valence-electron chi connectivity index (χ2n) is 10.8. The van der Waals surface area contributed by atoms with Crippen LogP contribution in [0.2, 0.25) is 11.8 Å². The molecule has 1 heterocycles. The van der Waals surface area contributed by atoms with Crippen molar-refractivity contribution in [3.63, 3.8) is 0 Å². The number of hydrogen-bond acceptors (Lipinski definition) is 0. The Balaban J connectivity index is 0.00000170. The molecule has 2 aromatic rings. The molecule has 2 nitrogen and oxygen atoms in total. The van der Waals surface area contributed by atoms with Crippen LogP contribution in [-0.4, -0.2) is 4.70 Å². The van der Waals surface area contributed by atoms with Crippen molar-refractivity contribution in [3.8, 4) is 0 Å². The van der Waals surface area contributed by atoms with E-state index in [1.807, 2.05) is 0 Å². The molecule has 3 heteroatoms. The molecule has 0 aliphatic carbocycles. The summed E-state index contributed by atoms with van der Waals surface area (Å²) in [5.41, 5.74) is 21.4. The molecule has 0 atom stereocenters. The van der Waals surface area contributed by atoms with Crippen molar-refractivity contribution in [1.29, 1.82) is 0 Å². The van der Waals surface area contributed by atoms with Gasteiger partial charge in [0.1, 0.15) is 0 Å². The summed E-state index contributed by atoms with van der Waals surface area (Å²) in [5.74, 6) is 4.12.